The highest BCUT2D eigenvalue weighted by Gasteiger charge is 2.21. The van der Waals surface area contributed by atoms with Crippen molar-refractivity contribution in [3.05, 3.63) is 36.2 Å². The summed E-state index contributed by atoms with van der Waals surface area (Å²) in [6.45, 7) is 18.9. The summed E-state index contributed by atoms with van der Waals surface area (Å²) in [5.41, 5.74) is 3.93. The summed E-state index contributed by atoms with van der Waals surface area (Å²) in [5, 5.41) is 0. The van der Waals surface area contributed by atoms with Crippen LogP contribution in [0.3, 0.4) is 0 Å². The monoisotopic (exact) mass is 303 g/mol. The lowest BCUT2D eigenvalue weighted by Crippen LogP contribution is -2.33. The van der Waals surface area contributed by atoms with E-state index in [1.807, 2.05) is 6.21 Å². The van der Waals surface area contributed by atoms with E-state index in [9.17, 15) is 0 Å². The smallest absolute Gasteiger partial charge is 0.0301 e. The average molecular weight is 303 g/mol. The van der Waals surface area contributed by atoms with Gasteiger partial charge in [0.25, 0.3) is 0 Å². The van der Waals surface area contributed by atoms with Crippen molar-refractivity contribution < 1.29 is 0 Å². The van der Waals surface area contributed by atoms with Crippen molar-refractivity contribution >= 4 is 6.21 Å². The van der Waals surface area contributed by atoms with Crippen LogP contribution < -0.4 is 0 Å². The highest BCUT2D eigenvalue weighted by molar-refractivity contribution is 5.80. The summed E-state index contributed by atoms with van der Waals surface area (Å²) in [7, 11) is 2.14. The van der Waals surface area contributed by atoms with E-state index >= 15 is 0 Å². The molecule has 0 bridgehead atoms. The molecule has 3 nitrogen and oxygen atoms in total. The summed E-state index contributed by atoms with van der Waals surface area (Å²) >= 11 is 0. The van der Waals surface area contributed by atoms with Crippen LogP contribution in [0.5, 0.6) is 0 Å². The molecule has 0 N–H and O–H groups in total. The quantitative estimate of drug-likeness (QED) is 0.728. The molecule has 2 rings (SSSR count). The lowest BCUT2D eigenvalue weighted by Gasteiger charge is -2.34. The zero-order valence-corrected chi connectivity index (χ0v) is 14.9. The van der Waals surface area contributed by atoms with Crippen molar-refractivity contribution in [1.82, 2.24) is 9.80 Å². The fourth-order valence-electron chi connectivity index (χ4n) is 2.82. The van der Waals surface area contributed by atoms with E-state index in [0.717, 1.165) is 13.1 Å². The maximum absolute atomic E-state index is 4.17. The Morgan fingerprint density at radius 3 is 1.95 bits per heavy atom. The van der Waals surface area contributed by atoms with Crippen LogP contribution in [0, 0.1) is 5.92 Å². The molecule has 0 atom stereocenters. The van der Waals surface area contributed by atoms with E-state index in [1.54, 1.807) is 6.20 Å². The number of aliphatic imine (C=N–C) groups is 1. The highest BCUT2D eigenvalue weighted by atomic mass is 15.1. The SMILES string of the molecule is C=CN=CC(=C(C)C)C1CCN(C(=C)C)CC1.CN1CCC1. The second kappa shape index (κ2) is 9.62. The molecule has 124 valence electrons. The fourth-order valence-corrected chi connectivity index (χ4v) is 2.82. The molecule has 2 saturated heterocycles. The number of likely N-dealkylation sites (tertiary alicyclic amines) is 2. The first-order valence-electron chi connectivity index (χ1n) is 8.36. The fraction of sp³-hybridized carbons (Fsp3) is 0.632. The molecule has 0 amide bonds. The molecule has 2 heterocycles. The number of hydrogen-bond acceptors (Lipinski definition) is 3. The van der Waals surface area contributed by atoms with Crippen molar-refractivity contribution in [2.45, 2.75) is 40.0 Å². The van der Waals surface area contributed by atoms with Gasteiger partial charge in [0.15, 0.2) is 0 Å². The maximum Gasteiger partial charge on any atom is 0.0301 e. The molecule has 0 spiro atoms. The minimum Gasteiger partial charge on any atom is -0.375 e. The Hall–Kier alpha value is -1.35. The van der Waals surface area contributed by atoms with E-state index in [4.69, 9.17) is 0 Å². The van der Waals surface area contributed by atoms with Gasteiger partial charge in [-0.3, -0.25) is 4.99 Å². The highest BCUT2D eigenvalue weighted by Crippen LogP contribution is 2.27. The Kier molecular flexibility index (Phi) is 8.18. The first-order chi connectivity index (χ1) is 10.5. The lowest BCUT2D eigenvalue weighted by atomic mass is 9.87. The van der Waals surface area contributed by atoms with Gasteiger partial charge in [-0.25, -0.2) is 0 Å². The number of allylic oxidation sites excluding steroid dienone is 3. The van der Waals surface area contributed by atoms with E-state index in [0.29, 0.717) is 5.92 Å². The summed E-state index contributed by atoms with van der Waals surface area (Å²) in [6, 6.07) is 0. The van der Waals surface area contributed by atoms with Crippen molar-refractivity contribution in [2.75, 3.05) is 33.2 Å². The normalized spacial score (nSPS) is 19.2. The molecule has 0 radical (unpaired) electrons. The summed E-state index contributed by atoms with van der Waals surface area (Å²) < 4.78 is 0. The van der Waals surface area contributed by atoms with E-state index in [1.165, 1.54) is 49.2 Å². The van der Waals surface area contributed by atoms with Crippen molar-refractivity contribution in [1.29, 1.82) is 0 Å². The minimum atomic E-state index is 0.638. The molecular weight excluding hydrogens is 270 g/mol. The first kappa shape index (κ1) is 18.7. The third-order valence-corrected chi connectivity index (χ3v) is 4.45. The van der Waals surface area contributed by atoms with Crippen molar-refractivity contribution in [3.63, 3.8) is 0 Å². The molecule has 0 aliphatic carbocycles. The molecular formula is C19H33N3. The number of piperidine rings is 1. The van der Waals surface area contributed by atoms with Gasteiger partial charge >= 0.3 is 0 Å². The number of rotatable bonds is 4. The molecule has 3 heteroatoms. The molecule has 2 fully saturated rings. The maximum atomic E-state index is 4.17. The van der Waals surface area contributed by atoms with E-state index in [2.05, 4.69) is 55.8 Å². The molecule has 0 aromatic heterocycles. The van der Waals surface area contributed by atoms with Crippen LogP contribution >= 0.6 is 0 Å². The first-order valence-corrected chi connectivity index (χ1v) is 8.36. The van der Waals surface area contributed by atoms with Gasteiger partial charge in [-0.2, -0.15) is 0 Å². The molecule has 2 aliphatic heterocycles. The van der Waals surface area contributed by atoms with Crippen molar-refractivity contribution in [3.8, 4) is 0 Å². The van der Waals surface area contributed by atoms with Gasteiger partial charge in [0.2, 0.25) is 0 Å². The van der Waals surface area contributed by atoms with Crippen molar-refractivity contribution in [2.24, 2.45) is 10.9 Å². The second-order valence-electron chi connectivity index (χ2n) is 6.57. The average Bonchev–Trinajstić information content (AvgIpc) is 2.46. The molecule has 0 unspecified atom stereocenters. The third-order valence-electron chi connectivity index (χ3n) is 4.45. The number of hydrogen-bond donors (Lipinski definition) is 0. The van der Waals surface area contributed by atoms with Gasteiger partial charge in [0.05, 0.1) is 0 Å². The third kappa shape index (κ3) is 6.18. The van der Waals surface area contributed by atoms with E-state index in [-0.39, 0.29) is 0 Å². The van der Waals surface area contributed by atoms with Crippen LogP contribution in [-0.2, 0) is 0 Å². The molecule has 0 aromatic rings. The Morgan fingerprint density at radius 2 is 1.64 bits per heavy atom. The Bertz CT molecular complexity index is 418. The van der Waals surface area contributed by atoms with Gasteiger partial charge < -0.3 is 9.80 Å². The Balaban J connectivity index is 0.000000406. The predicted molar refractivity (Wildman–Crippen MR) is 98.3 cm³/mol. The van der Waals surface area contributed by atoms with Gasteiger partial charge in [0.1, 0.15) is 0 Å². The second-order valence-corrected chi connectivity index (χ2v) is 6.57. The van der Waals surface area contributed by atoms with Crippen LogP contribution in [0.15, 0.2) is 41.2 Å². The standard InChI is InChI=1S/C15H24N2.C4H9N/c1-6-16-11-15(12(2)3)14-7-9-17(10-8-14)13(4)5;1-5-3-2-4-5/h6,11,14H,1,4,7-10H2,2-3,5H3;2-4H2,1H3. The topological polar surface area (TPSA) is 18.8 Å². The number of nitrogens with zero attached hydrogens (tertiary/aromatic N) is 3. The van der Waals surface area contributed by atoms with Crippen LogP contribution in [0.1, 0.15) is 40.0 Å². The van der Waals surface area contributed by atoms with Gasteiger partial charge in [-0.05, 0) is 71.7 Å². The van der Waals surface area contributed by atoms with Crippen LogP contribution in [0.2, 0.25) is 0 Å². The lowest BCUT2D eigenvalue weighted by molar-refractivity contribution is 0.229. The van der Waals surface area contributed by atoms with Gasteiger partial charge in [-0.1, -0.05) is 18.7 Å². The van der Waals surface area contributed by atoms with Crippen LogP contribution in [0.4, 0.5) is 0 Å². The minimum absolute atomic E-state index is 0.638. The molecule has 22 heavy (non-hydrogen) atoms. The molecule has 0 aromatic carbocycles. The largest absolute Gasteiger partial charge is 0.375 e. The van der Waals surface area contributed by atoms with Crippen LogP contribution in [-0.4, -0.2) is 49.2 Å². The Labute approximate surface area is 137 Å². The van der Waals surface area contributed by atoms with Gasteiger partial charge in [0, 0.05) is 31.2 Å². The van der Waals surface area contributed by atoms with Gasteiger partial charge in [-0.15, -0.1) is 0 Å². The Morgan fingerprint density at radius 1 is 1.09 bits per heavy atom. The van der Waals surface area contributed by atoms with Crippen LogP contribution in [0.25, 0.3) is 0 Å². The summed E-state index contributed by atoms with van der Waals surface area (Å²) in [5.74, 6) is 0.638. The predicted octanol–water partition coefficient (Wildman–Crippen LogP) is 4.10. The summed E-state index contributed by atoms with van der Waals surface area (Å²) in [4.78, 5) is 8.84. The molecule has 2 aliphatic rings. The summed E-state index contributed by atoms with van der Waals surface area (Å²) in [6.07, 6.45) is 7.37. The molecule has 0 saturated carbocycles. The van der Waals surface area contributed by atoms with E-state index < -0.39 is 0 Å². The zero-order valence-electron chi connectivity index (χ0n) is 14.9. The zero-order chi connectivity index (χ0) is 16.5.